The Kier molecular flexibility index (Phi) is 5.03. The first kappa shape index (κ1) is 19.7. The Hall–Kier alpha value is -3.61. The number of fused-ring (bicyclic) bond motifs is 1. The normalized spacial score (nSPS) is 15.8. The molecule has 4 rings (SSSR count). The Morgan fingerprint density at radius 3 is 2.43 bits per heavy atom. The lowest BCUT2D eigenvalue weighted by Gasteiger charge is -2.43. The van der Waals surface area contributed by atoms with E-state index in [4.69, 9.17) is 4.42 Å². The van der Waals surface area contributed by atoms with Crippen molar-refractivity contribution in [3.63, 3.8) is 0 Å². The second kappa shape index (κ2) is 7.67. The molecule has 1 aromatic heterocycles. The molecule has 0 aliphatic carbocycles. The minimum Gasteiger partial charge on any atom is -0.549 e. The van der Waals surface area contributed by atoms with Crippen LogP contribution in [-0.2, 0) is 21.4 Å². The van der Waals surface area contributed by atoms with E-state index in [1.807, 2.05) is 6.07 Å². The van der Waals surface area contributed by atoms with E-state index in [9.17, 15) is 24.6 Å². The van der Waals surface area contributed by atoms with Crippen LogP contribution in [0.4, 0.5) is 0 Å². The van der Waals surface area contributed by atoms with Crippen molar-refractivity contribution in [2.24, 2.45) is 0 Å². The fraction of sp³-hybridized carbons (Fsp3) is 0.261. The molecule has 2 heterocycles. The van der Waals surface area contributed by atoms with Crippen LogP contribution in [-0.4, -0.2) is 35.0 Å². The van der Waals surface area contributed by atoms with Crippen LogP contribution in [0.3, 0.4) is 0 Å². The number of carbonyl (C=O) groups is 2. The van der Waals surface area contributed by atoms with Gasteiger partial charge in [-0.05, 0) is 36.1 Å². The van der Waals surface area contributed by atoms with E-state index in [0.717, 1.165) is 0 Å². The molecule has 3 aromatic rings. The van der Waals surface area contributed by atoms with Gasteiger partial charge in [-0.1, -0.05) is 30.3 Å². The van der Waals surface area contributed by atoms with Gasteiger partial charge in [-0.25, -0.2) is 4.79 Å². The molecular formula is C23H20NO6-. The molecule has 1 saturated heterocycles. The molecule has 1 aliphatic heterocycles. The van der Waals surface area contributed by atoms with E-state index >= 15 is 0 Å². The summed E-state index contributed by atoms with van der Waals surface area (Å²) in [6.45, 7) is 0.559. The van der Waals surface area contributed by atoms with E-state index in [0.29, 0.717) is 16.5 Å². The van der Waals surface area contributed by atoms with E-state index in [1.165, 1.54) is 18.2 Å². The molecule has 0 radical (unpaired) electrons. The third kappa shape index (κ3) is 3.54. The van der Waals surface area contributed by atoms with Crippen LogP contribution >= 0.6 is 0 Å². The molecule has 7 nitrogen and oxygen atoms in total. The van der Waals surface area contributed by atoms with Gasteiger partial charge in [0.2, 0.25) is 5.91 Å². The summed E-state index contributed by atoms with van der Waals surface area (Å²) < 4.78 is 5.10. The number of carbonyl (C=O) groups excluding carboxylic acids is 2. The Labute approximate surface area is 172 Å². The van der Waals surface area contributed by atoms with Gasteiger partial charge in [0.15, 0.2) is 0 Å². The molecule has 1 amide bonds. The number of carboxylic acids is 1. The van der Waals surface area contributed by atoms with Crippen molar-refractivity contribution in [2.75, 3.05) is 13.1 Å². The number of phenols is 1. The molecule has 1 fully saturated rings. The van der Waals surface area contributed by atoms with Crippen LogP contribution in [0.2, 0.25) is 0 Å². The number of nitrogens with zero attached hydrogens (tertiary/aromatic N) is 1. The van der Waals surface area contributed by atoms with E-state index < -0.39 is 17.0 Å². The number of rotatable bonds is 4. The highest BCUT2D eigenvalue weighted by Gasteiger charge is 2.38. The quantitative estimate of drug-likeness (QED) is 0.655. The fourth-order valence-electron chi connectivity index (χ4n) is 4.15. The highest BCUT2D eigenvalue weighted by Crippen LogP contribution is 2.35. The summed E-state index contributed by atoms with van der Waals surface area (Å²) >= 11 is 0. The van der Waals surface area contributed by atoms with Gasteiger partial charge in [-0.2, -0.15) is 0 Å². The molecule has 0 unspecified atom stereocenters. The summed E-state index contributed by atoms with van der Waals surface area (Å²) in [5, 5.41) is 22.1. The minimum absolute atomic E-state index is 0.0173. The zero-order chi connectivity index (χ0) is 21.3. The molecule has 0 atom stereocenters. The number of phenolic OH excluding ortho intramolecular Hbond substituents is 1. The molecule has 30 heavy (non-hydrogen) atoms. The number of benzene rings is 2. The lowest BCUT2D eigenvalue weighted by molar-refractivity contribution is -0.315. The van der Waals surface area contributed by atoms with Crippen LogP contribution in [0.25, 0.3) is 11.0 Å². The summed E-state index contributed by atoms with van der Waals surface area (Å²) in [6, 6.07) is 14.6. The Morgan fingerprint density at radius 1 is 1.07 bits per heavy atom. The molecule has 154 valence electrons. The highest BCUT2D eigenvalue weighted by atomic mass is 16.4. The topological polar surface area (TPSA) is 111 Å². The number of aromatic hydroxyl groups is 1. The van der Waals surface area contributed by atoms with E-state index in [2.05, 4.69) is 0 Å². The summed E-state index contributed by atoms with van der Waals surface area (Å²) in [6.07, 6.45) is 0.504. The molecule has 1 aliphatic rings. The third-order valence-corrected chi connectivity index (χ3v) is 5.84. The van der Waals surface area contributed by atoms with Crippen molar-refractivity contribution in [3.05, 3.63) is 76.1 Å². The van der Waals surface area contributed by atoms with Gasteiger partial charge in [0, 0.05) is 36.0 Å². The summed E-state index contributed by atoms with van der Waals surface area (Å²) in [7, 11) is 0. The van der Waals surface area contributed by atoms with Crippen LogP contribution in [0.5, 0.6) is 5.75 Å². The predicted molar refractivity (Wildman–Crippen MR) is 107 cm³/mol. The van der Waals surface area contributed by atoms with Gasteiger partial charge < -0.3 is 24.3 Å². The van der Waals surface area contributed by atoms with E-state index in [-0.39, 0.29) is 49.6 Å². The minimum atomic E-state index is -1.13. The van der Waals surface area contributed by atoms with Gasteiger partial charge >= 0.3 is 5.63 Å². The third-order valence-electron chi connectivity index (χ3n) is 5.84. The first-order valence-corrected chi connectivity index (χ1v) is 9.69. The van der Waals surface area contributed by atoms with Crippen LogP contribution in [0.1, 0.15) is 24.0 Å². The van der Waals surface area contributed by atoms with Crippen molar-refractivity contribution < 1.29 is 24.2 Å². The van der Waals surface area contributed by atoms with Gasteiger partial charge in [-0.3, -0.25) is 4.79 Å². The molecule has 0 spiro atoms. The van der Waals surface area contributed by atoms with Crippen LogP contribution in [0, 0.1) is 0 Å². The second-order valence-electron chi connectivity index (χ2n) is 7.56. The molecule has 2 aromatic carbocycles. The van der Waals surface area contributed by atoms with E-state index in [1.54, 1.807) is 35.2 Å². The SMILES string of the molecule is O=C(Cc1cc(=O)oc2cc(O)ccc12)N1CCC(C(=O)[O-])(c2ccccc2)CC1. The van der Waals surface area contributed by atoms with Crippen LogP contribution < -0.4 is 10.7 Å². The number of amides is 1. The number of piperidine rings is 1. The number of aliphatic carboxylic acids is 1. The zero-order valence-electron chi connectivity index (χ0n) is 16.2. The molecule has 1 N–H and O–H groups in total. The fourth-order valence-corrected chi connectivity index (χ4v) is 4.15. The maximum atomic E-state index is 12.9. The Balaban J connectivity index is 1.54. The Bertz CT molecular complexity index is 1160. The summed E-state index contributed by atoms with van der Waals surface area (Å²) in [4.78, 5) is 38.3. The van der Waals surface area contributed by atoms with Gasteiger partial charge in [0.25, 0.3) is 0 Å². The monoisotopic (exact) mass is 406 g/mol. The van der Waals surface area contributed by atoms with Crippen molar-refractivity contribution in [1.82, 2.24) is 4.90 Å². The molecule has 0 saturated carbocycles. The molecule has 7 heteroatoms. The highest BCUT2D eigenvalue weighted by molar-refractivity contribution is 5.88. The van der Waals surface area contributed by atoms with Crippen molar-refractivity contribution in [2.45, 2.75) is 24.7 Å². The summed E-state index contributed by atoms with van der Waals surface area (Å²) in [5.74, 6) is -1.37. The number of hydrogen-bond donors (Lipinski definition) is 1. The second-order valence-corrected chi connectivity index (χ2v) is 7.56. The number of carboxylic acid groups (broad SMARTS) is 1. The maximum Gasteiger partial charge on any atom is 0.336 e. The molecule has 0 bridgehead atoms. The van der Waals surface area contributed by atoms with Crippen molar-refractivity contribution in [3.8, 4) is 5.75 Å². The van der Waals surface area contributed by atoms with Crippen molar-refractivity contribution in [1.29, 1.82) is 0 Å². The van der Waals surface area contributed by atoms with Crippen molar-refractivity contribution >= 4 is 22.8 Å². The summed E-state index contributed by atoms with van der Waals surface area (Å²) in [5.41, 5.74) is -0.316. The number of hydrogen-bond acceptors (Lipinski definition) is 6. The first-order chi connectivity index (χ1) is 14.4. The smallest absolute Gasteiger partial charge is 0.336 e. The van der Waals surface area contributed by atoms with Gasteiger partial charge in [0.05, 0.1) is 12.4 Å². The first-order valence-electron chi connectivity index (χ1n) is 9.69. The lowest BCUT2D eigenvalue weighted by Crippen LogP contribution is -2.54. The predicted octanol–water partition coefficient (Wildman–Crippen LogP) is 1.35. The number of likely N-dealkylation sites (tertiary alicyclic amines) is 1. The zero-order valence-corrected chi connectivity index (χ0v) is 16.2. The standard InChI is InChI=1S/C23H21NO6/c25-17-6-7-18-15(13-21(27)30-19(18)14-17)12-20(26)24-10-8-23(9-11-24,22(28)29)16-4-2-1-3-5-16/h1-7,13-14,25H,8-12H2,(H,28,29)/p-1. The average molecular weight is 406 g/mol. The molecular weight excluding hydrogens is 386 g/mol. The van der Waals surface area contributed by atoms with Gasteiger partial charge in [0.1, 0.15) is 11.3 Å². The van der Waals surface area contributed by atoms with Gasteiger partial charge in [-0.15, -0.1) is 0 Å². The van der Waals surface area contributed by atoms with Crippen LogP contribution in [0.15, 0.2) is 63.8 Å². The average Bonchev–Trinajstić information content (AvgIpc) is 2.73. The lowest BCUT2D eigenvalue weighted by atomic mass is 9.73. The largest absolute Gasteiger partial charge is 0.549 e. The Morgan fingerprint density at radius 2 is 1.77 bits per heavy atom. The maximum absolute atomic E-state index is 12.9.